The first-order chi connectivity index (χ1) is 13.2. The van der Waals surface area contributed by atoms with E-state index in [1.54, 1.807) is 13.1 Å². The molecule has 0 aliphatic rings. The molecular weight excluding hydrogens is 390 g/mol. The lowest BCUT2D eigenvalue weighted by atomic mass is 10.1. The summed E-state index contributed by atoms with van der Waals surface area (Å²) >= 11 is 6.12. The van der Waals surface area contributed by atoms with Gasteiger partial charge in [0.25, 0.3) is 5.91 Å². The van der Waals surface area contributed by atoms with Crippen molar-refractivity contribution in [1.82, 2.24) is 9.78 Å². The van der Waals surface area contributed by atoms with Crippen LogP contribution in [0.4, 0.5) is 20.2 Å². The number of amides is 2. The van der Waals surface area contributed by atoms with E-state index < -0.39 is 17.5 Å². The lowest BCUT2D eigenvalue weighted by Gasteiger charge is -2.10. The van der Waals surface area contributed by atoms with Crippen LogP contribution in [0.5, 0.6) is 0 Å². The highest BCUT2D eigenvalue weighted by atomic mass is 35.5. The average Bonchev–Trinajstić information content (AvgIpc) is 2.99. The first-order valence-corrected chi connectivity index (χ1v) is 8.50. The summed E-state index contributed by atoms with van der Waals surface area (Å²) in [5, 5.41) is 9.58. The van der Waals surface area contributed by atoms with Gasteiger partial charge in [-0.3, -0.25) is 14.3 Å². The van der Waals surface area contributed by atoms with E-state index in [0.29, 0.717) is 5.69 Å². The molecule has 9 heteroatoms. The molecule has 6 nitrogen and oxygen atoms in total. The Labute approximate surface area is 164 Å². The van der Waals surface area contributed by atoms with Crippen molar-refractivity contribution in [3.05, 3.63) is 64.8 Å². The van der Waals surface area contributed by atoms with Crippen LogP contribution in [0.2, 0.25) is 5.02 Å². The molecule has 0 aliphatic heterocycles. The van der Waals surface area contributed by atoms with E-state index in [1.807, 2.05) is 0 Å². The summed E-state index contributed by atoms with van der Waals surface area (Å²) in [4.78, 5) is 24.0. The Bertz CT molecular complexity index is 1080. The summed E-state index contributed by atoms with van der Waals surface area (Å²) in [7, 11) is 1.58. The largest absolute Gasteiger partial charge is 0.326 e. The zero-order valence-electron chi connectivity index (χ0n) is 14.9. The molecule has 28 heavy (non-hydrogen) atoms. The van der Waals surface area contributed by atoms with Gasteiger partial charge in [-0.05, 0) is 30.3 Å². The summed E-state index contributed by atoms with van der Waals surface area (Å²) in [5.74, 6) is -2.43. The molecule has 0 unspecified atom stereocenters. The minimum atomic E-state index is -0.835. The molecule has 1 aromatic heterocycles. The quantitative estimate of drug-likeness (QED) is 0.683. The van der Waals surface area contributed by atoms with Crippen LogP contribution in [-0.4, -0.2) is 21.6 Å². The Morgan fingerprint density at radius 3 is 2.54 bits per heavy atom. The fourth-order valence-electron chi connectivity index (χ4n) is 2.63. The normalized spacial score (nSPS) is 10.6. The zero-order valence-corrected chi connectivity index (χ0v) is 15.6. The Hall–Kier alpha value is -3.26. The van der Waals surface area contributed by atoms with E-state index >= 15 is 0 Å². The number of benzene rings is 2. The Morgan fingerprint density at radius 1 is 1.11 bits per heavy atom. The van der Waals surface area contributed by atoms with Crippen molar-refractivity contribution in [3.63, 3.8) is 0 Å². The van der Waals surface area contributed by atoms with Gasteiger partial charge in [0.1, 0.15) is 17.3 Å². The second kappa shape index (κ2) is 7.77. The van der Waals surface area contributed by atoms with Crippen LogP contribution in [0.25, 0.3) is 11.3 Å². The van der Waals surface area contributed by atoms with Crippen LogP contribution in [0.15, 0.2) is 42.6 Å². The minimum Gasteiger partial charge on any atom is -0.326 e. The molecule has 1 heterocycles. The maximum Gasteiger partial charge on any atom is 0.259 e. The van der Waals surface area contributed by atoms with Gasteiger partial charge < -0.3 is 10.6 Å². The van der Waals surface area contributed by atoms with Crippen molar-refractivity contribution in [2.75, 3.05) is 10.6 Å². The molecule has 3 aromatic rings. The van der Waals surface area contributed by atoms with Gasteiger partial charge in [0.15, 0.2) is 0 Å². The Balaban J connectivity index is 1.95. The predicted molar refractivity (Wildman–Crippen MR) is 102 cm³/mol. The van der Waals surface area contributed by atoms with E-state index in [1.165, 1.54) is 36.0 Å². The van der Waals surface area contributed by atoms with Gasteiger partial charge in [0, 0.05) is 37.5 Å². The lowest BCUT2D eigenvalue weighted by molar-refractivity contribution is -0.114. The molecule has 0 atom stereocenters. The molecule has 0 aliphatic carbocycles. The first-order valence-electron chi connectivity index (χ1n) is 8.12. The maximum absolute atomic E-state index is 14.2. The summed E-state index contributed by atoms with van der Waals surface area (Å²) in [6, 6.07) is 7.63. The number of aryl methyl sites for hydroxylation is 1. The molecule has 0 fully saturated rings. The standard InChI is InChI=1S/C19H15ClF2N4O2/c1-10(27)23-12-4-6-15(20)17(8-12)24-19(28)14-9-26(2)25-18(14)13-5-3-11(21)7-16(13)22/h3-9H,1-2H3,(H,23,27)(H,24,28). The van der Waals surface area contributed by atoms with Gasteiger partial charge in [0.2, 0.25) is 5.91 Å². The average molecular weight is 405 g/mol. The molecule has 144 valence electrons. The van der Waals surface area contributed by atoms with Gasteiger partial charge >= 0.3 is 0 Å². The van der Waals surface area contributed by atoms with Crippen molar-refractivity contribution in [2.45, 2.75) is 6.92 Å². The zero-order chi connectivity index (χ0) is 20.4. The molecule has 2 amide bonds. The molecule has 2 aromatic carbocycles. The van der Waals surface area contributed by atoms with Crippen LogP contribution >= 0.6 is 11.6 Å². The maximum atomic E-state index is 14.2. The van der Waals surface area contributed by atoms with Crippen LogP contribution in [0.3, 0.4) is 0 Å². The van der Waals surface area contributed by atoms with Crippen molar-refractivity contribution in [3.8, 4) is 11.3 Å². The lowest BCUT2D eigenvalue weighted by Crippen LogP contribution is -2.13. The van der Waals surface area contributed by atoms with Crippen LogP contribution < -0.4 is 10.6 Å². The highest BCUT2D eigenvalue weighted by molar-refractivity contribution is 6.34. The number of hydrogen-bond donors (Lipinski definition) is 2. The number of nitrogens with zero attached hydrogens (tertiary/aromatic N) is 2. The Kier molecular flexibility index (Phi) is 5.41. The molecular formula is C19H15ClF2N4O2. The predicted octanol–water partition coefficient (Wildman–Crippen LogP) is 4.23. The van der Waals surface area contributed by atoms with E-state index in [0.717, 1.165) is 12.1 Å². The highest BCUT2D eigenvalue weighted by Gasteiger charge is 2.21. The summed E-state index contributed by atoms with van der Waals surface area (Å²) in [6.07, 6.45) is 1.42. The van der Waals surface area contributed by atoms with E-state index in [4.69, 9.17) is 11.6 Å². The highest BCUT2D eigenvalue weighted by Crippen LogP contribution is 2.29. The van der Waals surface area contributed by atoms with Gasteiger partial charge in [0.05, 0.1) is 16.3 Å². The summed E-state index contributed by atoms with van der Waals surface area (Å²) < 4.78 is 28.7. The molecule has 0 saturated heterocycles. The number of carbonyl (C=O) groups excluding carboxylic acids is 2. The monoisotopic (exact) mass is 404 g/mol. The number of aromatic nitrogens is 2. The third-order valence-electron chi connectivity index (χ3n) is 3.79. The summed E-state index contributed by atoms with van der Waals surface area (Å²) in [6.45, 7) is 1.35. The van der Waals surface area contributed by atoms with Crippen molar-refractivity contribution >= 4 is 34.8 Å². The van der Waals surface area contributed by atoms with E-state index in [9.17, 15) is 18.4 Å². The number of halogens is 3. The topological polar surface area (TPSA) is 76.0 Å². The van der Waals surface area contributed by atoms with Crippen molar-refractivity contribution in [1.29, 1.82) is 0 Å². The molecule has 0 saturated carbocycles. The van der Waals surface area contributed by atoms with Gasteiger partial charge in [-0.25, -0.2) is 8.78 Å². The molecule has 3 rings (SSSR count). The fourth-order valence-corrected chi connectivity index (χ4v) is 2.79. The number of hydrogen-bond acceptors (Lipinski definition) is 3. The van der Waals surface area contributed by atoms with E-state index in [2.05, 4.69) is 15.7 Å². The van der Waals surface area contributed by atoms with Crippen LogP contribution in [0, 0.1) is 11.6 Å². The number of anilines is 2. The van der Waals surface area contributed by atoms with Crippen LogP contribution in [0.1, 0.15) is 17.3 Å². The van der Waals surface area contributed by atoms with Gasteiger partial charge in [-0.1, -0.05) is 11.6 Å². The number of carbonyl (C=O) groups is 2. The van der Waals surface area contributed by atoms with E-state index in [-0.39, 0.29) is 33.4 Å². The third kappa shape index (κ3) is 4.17. The first kappa shape index (κ1) is 19.5. The molecule has 0 spiro atoms. The van der Waals surface area contributed by atoms with Crippen LogP contribution in [-0.2, 0) is 11.8 Å². The van der Waals surface area contributed by atoms with Crippen molar-refractivity contribution in [2.24, 2.45) is 7.05 Å². The minimum absolute atomic E-state index is 0.00903. The molecule has 0 bridgehead atoms. The smallest absolute Gasteiger partial charge is 0.259 e. The summed E-state index contributed by atoms with van der Waals surface area (Å²) in [5.41, 5.74) is 0.835. The number of nitrogens with one attached hydrogen (secondary N) is 2. The number of rotatable bonds is 4. The second-order valence-electron chi connectivity index (χ2n) is 6.02. The fraction of sp³-hybridized carbons (Fsp3) is 0.105. The van der Waals surface area contributed by atoms with Gasteiger partial charge in [-0.15, -0.1) is 0 Å². The van der Waals surface area contributed by atoms with Crippen molar-refractivity contribution < 1.29 is 18.4 Å². The third-order valence-corrected chi connectivity index (χ3v) is 4.12. The molecule has 2 N–H and O–H groups in total. The Morgan fingerprint density at radius 2 is 1.86 bits per heavy atom. The SMILES string of the molecule is CC(=O)Nc1ccc(Cl)c(NC(=O)c2cn(C)nc2-c2ccc(F)cc2F)c1. The second-order valence-corrected chi connectivity index (χ2v) is 6.43. The molecule has 0 radical (unpaired) electrons. The van der Waals surface area contributed by atoms with Gasteiger partial charge in [-0.2, -0.15) is 5.10 Å².